The van der Waals surface area contributed by atoms with Gasteiger partial charge in [-0.3, -0.25) is 4.79 Å². The summed E-state index contributed by atoms with van der Waals surface area (Å²) < 4.78 is 10.3. The summed E-state index contributed by atoms with van der Waals surface area (Å²) in [6.45, 7) is 1.50. The zero-order valence-corrected chi connectivity index (χ0v) is 10.00. The van der Waals surface area contributed by atoms with Crippen molar-refractivity contribution in [2.45, 2.75) is 13.5 Å². The highest BCUT2D eigenvalue weighted by atomic mass is 79.9. The number of methoxy groups -OCH3 is 1. The highest BCUT2D eigenvalue weighted by molar-refractivity contribution is 9.10. The van der Waals surface area contributed by atoms with Crippen molar-refractivity contribution in [1.29, 1.82) is 0 Å². The second-order valence-electron chi connectivity index (χ2n) is 2.91. The zero-order chi connectivity index (χ0) is 11.4. The van der Waals surface area contributed by atoms with Crippen molar-refractivity contribution in [3.05, 3.63) is 22.2 Å². The highest BCUT2D eigenvalue weighted by Crippen LogP contribution is 2.35. The van der Waals surface area contributed by atoms with Crippen molar-refractivity contribution in [2.24, 2.45) is 0 Å². The van der Waals surface area contributed by atoms with Gasteiger partial charge in [0.25, 0.3) is 0 Å². The Balaban J connectivity index is 2.90. The number of esters is 1. The molecule has 0 fully saturated rings. The van der Waals surface area contributed by atoms with Gasteiger partial charge in [0, 0.05) is 6.92 Å². The first-order valence-electron chi connectivity index (χ1n) is 4.23. The number of hydrogen-bond acceptors (Lipinski definition) is 4. The molecule has 0 saturated carbocycles. The number of carbonyl (C=O) groups is 1. The largest absolute Gasteiger partial charge is 0.503 e. The van der Waals surface area contributed by atoms with Crippen LogP contribution in [0.4, 0.5) is 0 Å². The molecule has 0 bridgehead atoms. The Morgan fingerprint density at radius 1 is 1.53 bits per heavy atom. The summed E-state index contributed by atoms with van der Waals surface area (Å²) in [4.78, 5) is 10.6. The molecule has 1 aromatic rings. The molecule has 0 saturated heterocycles. The third kappa shape index (κ3) is 3.13. The van der Waals surface area contributed by atoms with Crippen LogP contribution in [0.1, 0.15) is 12.5 Å². The van der Waals surface area contributed by atoms with Crippen molar-refractivity contribution in [3.8, 4) is 11.5 Å². The van der Waals surface area contributed by atoms with Gasteiger partial charge in [-0.15, -0.1) is 0 Å². The van der Waals surface area contributed by atoms with E-state index in [0.29, 0.717) is 10.2 Å². The summed E-state index contributed by atoms with van der Waals surface area (Å²) in [7, 11) is 1.46. The Morgan fingerprint density at radius 2 is 2.20 bits per heavy atom. The van der Waals surface area contributed by atoms with E-state index in [-0.39, 0.29) is 18.3 Å². The lowest BCUT2D eigenvalue weighted by Crippen LogP contribution is -1.99. The monoisotopic (exact) mass is 274 g/mol. The minimum atomic E-state index is -0.349. The first-order chi connectivity index (χ1) is 7.04. The molecule has 0 aliphatic heterocycles. The predicted molar refractivity (Wildman–Crippen MR) is 57.8 cm³/mol. The van der Waals surface area contributed by atoms with Gasteiger partial charge in [0.1, 0.15) is 6.61 Å². The summed E-state index contributed by atoms with van der Waals surface area (Å²) in [5, 5.41) is 9.52. The quantitative estimate of drug-likeness (QED) is 0.859. The van der Waals surface area contributed by atoms with E-state index in [1.807, 2.05) is 0 Å². The molecule has 0 atom stereocenters. The number of halogens is 1. The Morgan fingerprint density at radius 3 is 2.73 bits per heavy atom. The van der Waals surface area contributed by atoms with Crippen molar-refractivity contribution in [3.63, 3.8) is 0 Å². The molecule has 0 aliphatic carbocycles. The van der Waals surface area contributed by atoms with Gasteiger partial charge < -0.3 is 14.6 Å². The van der Waals surface area contributed by atoms with Crippen LogP contribution >= 0.6 is 15.9 Å². The maximum Gasteiger partial charge on any atom is 0.302 e. The summed E-state index contributed by atoms with van der Waals surface area (Å²) in [6.07, 6.45) is 0. The van der Waals surface area contributed by atoms with Gasteiger partial charge in [-0.25, -0.2) is 0 Å². The second-order valence-corrected chi connectivity index (χ2v) is 3.76. The molecule has 82 valence electrons. The average Bonchev–Trinajstić information content (AvgIpc) is 2.19. The molecule has 0 amide bonds. The molecular weight excluding hydrogens is 264 g/mol. The number of hydrogen-bond donors (Lipinski definition) is 1. The fourth-order valence-electron chi connectivity index (χ4n) is 1.05. The van der Waals surface area contributed by atoms with Crippen molar-refractivity contribution in [2.75, 3.05) is 7.11 Å². The van der Waals surface area contributed by atoms with E-state index in [1.165, 1.54) is 14.0 Å². The van der Waals surface area contributed by atoms with Gasteiger partial charge in [0.2, 0.25) is 0 Å². The van der Waals surface area contributed by atoms with E-state index in [2.05, 4.69) is 15.9 Å². The van der Waals surface area contributed by atoms with E-state index in [9.17, 15) is 9.90 Å². The highest BCUT2D eigenvalue weighted by Gasteiger charge is 2.09. The smallest absolute Gasteiger partial charge is 0.302 e. The number of aromatic hydroxyl groups is 1. The molecule has 15 heavy (non-hydrogen) atoms. The summed E-state index contributed by atoms with van der Waals surface area (Å²) in [5.41, 5.74) is 0.742. The minimum absolute atomic E-state index is 0.0316. The van der Waals surface area contributed by atoms with Gasteiger partial charge in [-0.05, 0) is 33.6 Å². The lowest BCUT2D eigenvalue weighted by Gasteiger charge is -2.08. The minimum Gasteiger partial charge on any atom is -0.503 e. The Bertz CT molecular complexity index is 376. The van der Waals surface area contributed by atoms with Crippen LogP contribution in [0.25, 0.3) is 0 Å². The van der Waals surface area contributed by atoms with Crippen molar-refractivity contribution < 1.29 is 19.4 Å². The Kier molecular flexibility index (Phi) is 3.96. The third-order valence-electron chi connectivity index (χ3n) is 1.75. The molecular formula is C10H11BrO4. The fourth-order valence-corrected chi connectivity index (χ4v) is 1.54. The molecule has 0 unspecified atom stereocenters. The summed E-state index contributed by atoms with van der Waals surface area (Å²) in [5.74, 6) is 0.0220. The molecule has 0 aromatic heterocycles. The summed E-state index contributed by atoms with van der Waals surface area (Å²) in [6, 6.07) is 3.28. The van der Waals surface area contributed by atoms with E-state index >= 15 is 0 Å². The third-order valence-corrected chi connectivity index (χ3v) is 2.35. The zero-order valence-electron chi connectivity index (χ0n) is 8.41. The van der Waals surface area contributed by atoms with Crippen LogP contribution in [0.5, 0.6) is 11.5 Å². The first-order valence-corrected chi connectivity index (χ1v) is 5.02. The van der Waals surface area contributed by atoms with E-state index in [4.69, 9.17) is 9.47 Å². The van der Waals surface area contributed by atoms with Gasteiger partial charge in [-0.1, -0.05) is 0 Å². The predicted octanol–water partition coefficient (Wildman–Crippen LogP) is 2.23. The van der Waals surface area contributed by atoms with E-state index in [1.54, 1.807) is 12.1 Å². The van der Waals surface area contributed by atoms with Gasteiger partial charge in [-0.2, -0.15) is 0 Å². The molecule has 4 nitrogen and oxygen atoms in total. The van der Waals surface area contributed by atoms with Gasteiger partial charge in [0.05, 0.1) is 11.6 Å². The molecule has 5 heteroatoms. The number of rotatable bonds is 3. The maximum atomic E-state index is 10.6. The van der Waals surface area contributed by atoms with Crippen LogP contribution in [-0.4, -0.2) is 18.2 Å². The molecule has 0 aliphatic rings. The first kappa shape index (κ1) is 11.8. The van der Waals surface area contributed by atoms with E-state index < -0.39 is 0 Å². The number of carbonyl (C=O) groups excluding carboxylic acids is 1. The van der Waals surface area contributed by atoms with E-state index in [0.717, 1.165) is 5.56 Å². The molecule has 1 aromatic carbocycles. The van der Waals surface area contributed by atoms with Gasteiger partial charge in [0.15, 0.2) is 11.5 Å². The molecule has 1 rings (SSSR count). The summed E-state index contributed by atoms with van der Waals surface area (Å²) >= 11 is 3.17. The SMILES string of the molecule is COc1cc(COC(C)=O)cc(Br)c1O. The maximum absolute atomic E-state index is 10.6. The fraction of sp³-hybridized carbons (Fsp3) is 0.300. The lowest BCUT2D eigenvalue weighted by atomic mass is 10.2. The van der Waals surface area contributed by atoms with Crippen LogP contribution < -0.4 is 4.74 Å². The van der Waals surface area contributed by atoms with Crippen molar-refractivity contribution in [1.82, 2.24) is 0 Å². The number of benzene rings is 1. The standard InChI is InChI=1S/C10H11BrO4/c1-6(12)15-5-7-3-8(11)10(13)9(4-7)14-2/h3-4,13H,5H2,1-2H3. The molecule has 0 radical (unpaired) electrons. The van der Waals surface area contributed by atoms with Crippen LogP contribution in [0.15, 0.2) is 16.6 Å². The molecule has 0 heterocycles. The van der Waals surface area contributed by atoms with Crippen molar-refractivity contribution >= 4 is 21.9 Å². The molecule has 0 spiro atoms. The van der Waals surface area contributed by atoms with Crippen LogP contribution in [-0.2, 0) is 16.1 Å². The lowest BCUT2D eigenvalue weighted by molar-refractivity contribution is -0.142. The number of phenolic OH excluding ortho intramolecular Hbond substituents is 1. The number of ether oxygens (including phenoxy) is 2. The van der Waals surface area contributed by atoms with Crippen LogP contribution in [0.2, 0.25) is 0 Å². The molecule has 1 N–H and O–H groups in total. The van der Waals surface area contributed by atoms with Crippen LogP contribution in [0.3, 0.4) is 0 Å². The Labute approximate surface area is 95.9 Å². The van der Waals surface area contributed by atoms with Crippen LogP contribution in [0, 0.1) is 0 Å². The van der Waals surface area contributed by atoms with Gasteiger partial charge >= 0.3 is 5.97 Å². The number of phenols is 1. The Hall–Kier alpha value is -1.23. The average molecular weight is 275 g/mol. The normalized spacial score (nSPS) is 9.80. The second kappa shape index (κ2) is 5.02. The topological polar surface area (TPSA) is 55.8 Å².